The maximum atomic E-state index is 12.6. The van der Waals surface area contributed by atoms with E-state index < -0.39 is 23.3 Å². The standard InChI is InChI=1S/C15H18N2O5.ClH/c1-6-8(12(18)19)10(16)7(2)9-11(6)17(4)13(20)15(9,3)14(21)22-5;/h16H2,1-5H3,(H,18,19);1H. The molecule has 23 heavy (non-hydrogen) atoms. The molecular formula is C15H19ClN2O5. The van der Waals surface area contributed by atoms with Gasteiger partial charge in [-0.05, 0) is 31.9 Å². The molecule has 1 atom stereocenters. The third-order valence-corrected chi connectivity index (χ3v) is 4.39. The van der Waals surface area contributed by atoms with Crippen molar-refractivity contribution in [2.24, 2.45) is 0 Å². The summed E-state index contributed by atoms with van der Waals surface area (Å²) in [6.45, 7) is 4.65. The van der Waals surface area contributed by atoms with E-state index in [0.717, 1.165) is 0 Å². The normalized spacial score (nSPS) is 19.2. The quantitative estimate of drug-likeness (QED) is 0.477. The molecule has 1 amide bonds. The molecule has 0 radical (unpaired) electrons. The number of aromatic carboxylic acids is 1. The molecule has 1 unspecified atom stereocenters. The van der Waals surface area contributed by atoms with Gasteiger partial charge < -0.3 is 20.5 Å². The summed E-state index contributed by atoms with van der Waals surface area (Å²) in [6, 6.07) is 0. The number of carbonyl (C=O) groups is 3. The van der Waals surface area contributed by atoms with Crippen LogP contribution in [-0.4, -0.2) is 37.1 Å². The number of rotatable bonds is 2. The van der Waals surface area contributed by atoms with Crippen LogP contribution < -0.4 is 10.6 Å². The van der Waals surface area contributed by atoms with E-state index in [9.17, 15) is 19.5 Å². The number of carbonyl (C=O) groups excluding carboxylic acids is 2. The number of anilines is 2. The maximum Gasteiger partial charge on any atom is 0.338 e. The Morgan fingerprint density at radius 2 is 1.78 bits per heavy atom. The predicted molar refractivity (Wildman–Crippen MR) is 87.3 cm³/mol. The Kier molecular flexibility index (Phi) is 4.68. The number of nitrogens with zero attached hydrogens (tertiary/aromatic N) is 1. The van der Waals surface area contributed by atoms with Crippen molar-refractivity contribution in [1.82, 2.24) is 0 Å². The van der Waals surface area contributed by atoms with E-state index in [1.807, 2.05) is 0 Å². The largest absolute Gasteiger partial charge is 0.478 e. The van der Waals surface area contributed by atoms with Gasteiger partial charge in [-0.2, -0.15) is 0 Å². The first-order valence-corrected chi connectivity index (χ1v) is 6.63. The van der Waals surface area contributed by atoms with E-state index >= 15 is 0 Å². The SMILES string of the molecule is COC(=O)C1(C)C(=O)N(C)c2c(C)c(C(=O)O)c(N)c(C)c21.Cl. The third kappa shape index (κ3) is 2.15. The van der Waals surface area contributed by atoms with Crippen molar-refractivity contribution in [3.63, 3.8) is 0 Å². The van der Waals surface area contributed by atoms with Crippen LogP contribution in [0.3, 0.4) is 0 Å². The molecule has 1 aromatic rings. The Balaban J connectivity index is 0.00000264. The summed E-state index contributed by atoms with van der Waals surface area (Å²) >= 11 is 0. The number of carboxylic acids is 1. The third-order valence-electron chi connectivity index (χ3n) is 4.39. The molecule has 3 N–H and O–H groups in total. The number of hydrogen-bond donors (Lipinski definition) is 2. The molecule has 8 heteroatoms. The summed E-state index contributed by atoms with van der Waals surface area (Å²) in [5.74, 6) is -2.34. The van der Waals surface area contributed by atoms with E-state index in [-0.39, 0.29) is 23.7 Å². The molecule has 7 nitrogen and oxygen atoms in total. The number of ether oxygens (including phenoxy) is 1. The molecule has 0 fully saturated rings. The van der Waals surface area contributed by atoms with Gasteiger partial charge in [0.15, 0.2) is 5.41 Å². The monoisotopic (exact) mass is 342 g/mol. The molecule has 2 rings (SSSR count). The maximum absolute atomic E-state index is 12.6. The van der Waals surface area contributed by atoms with Crippen molar-refractivity contribution >= 4 is 41.6 Å². The topological polar surface area (TPSA) is 110 Å². The Bertz CT molecular complexity index is 731. The fourth-order valence-corrected chi connectivity index (χ4v) is 3.25. The van der Waals surface area contributed by atoms with E-state index in [2.05, 4.69) is 0 Å². The lowest BCUT2D eigenvalue weighted by atomic mass is 9.79. The van der Waals surface area contributed by atoms with E-state index in [1.165, 1.54) is 26.0 Å². The molecule has 0 bridgehead atoms. The number of benzene rings is 1. The van der Waals surface area contributed by atoms with Gasteiger partial charge >= 0.3 is 11.9 Å². The molecule has 0 aliphatic carbocycles. The molecule has 0 spiro atoms. The lowest BCUT2D eigenvalue weighted by Gasteiger charge is -2.22. The lowest BCUT2D eigenvalue weighted by molar-refractivity contribution is -0.150. The summed E-state index contributed by atoms with van der Waals surface area (Å²) in [5.41, 5.74) is 6.00. The number of methoxy groups -OCH3 is 1. The second-order valence-electron chi connectivity index (χ2n) is 5.55. The lowest BCUT2D eigenvalue weighted by Crippen LogP contribution is -2.43. The number of carboxylic acid groups (broad SMARTS) is 1. The Hall–Kier alpha value is -2.28. The van der Waals surface area contributed by atoms with Crippen molar-refractivity contribution in [2.45, 2.75) is 26.2 Å². The minimum Gasteiger partial charge on any atom is -0.478 e. The van der Waals surface area contributed by atoms with Crippen LogP contribution >= 0.6 is 12.4 Å². The highest BCUT2D eigenvalue weighted by atomic mass is 35.5. The van der Waals surface area contributed by atoms with Gasteiger partial charge in [-0.1, -0.05) is 0 Å². The number of likely N-dealkylation sites (N-methyl/N-ethyl adjacent to an activating group) is 1. The van der Waals surface area contributed by atoms with Crippen LogP contribution in [0.2, 0.25) is 0 Å². The highest BCUT2D eigenvalue weighted by Gasteiger charge is 2.55. The summed E-state index contributed by atoms with van der Waals surface area (Å²) in [5, 5.41) is 9.36. The highest BCUT2D eigenvalue weighted by Crippen LogP contribution is 2.48. The zero-order valence-electron chi connectivity index (χ0n) is 13.5. The van der Waals surface area contributed by atoms with Crippen LogP contribution in [-0.2, 0) is 19.7 Å². The van der Waals surface area contributed by atoms with Gasteiger partial charge in [0.2, 0.25) is 5.91 Å². The number of fused-ring (bicyclic) bond motifs is 1. The van der Waals surface area contributed by atoms with E-state index in [0.29, 0.717) is 22.4 Å². The number of nitrogens with two attached hydrogens (primary N) is 1. The zero-order valence-corrected chi connectivity index (χ0v) is 14.3. The second kappa shape index (κ2) is 5.73. The molecule has 1 aliphatic heterocycles. The number of hydrogen-bond acceptors (Lipinski definition) is 5. The second-order valence-corrected chi connectivity index (χ2v) is 5.55. The number of amides is 1. The average Bonchev–Trinajstić information content (AvgIpc) is 2.66. The van der Waals surface area contributed by atoms with Crippen LogP contribution in [0.25, 0.3) is 0 Å². The predicted octanol–water partition coefficient (Wildman–Crippen LogP) is 1.41. The molecule has 0 saturated heterocycles. The van der Waals surface area contributed by atoms with Crippen LogP contribution in [0, 0.1) is 13.8 Å². The van der Waals surface area contributed by atoms with Crippen molar-refractivity contribution in [3.8, 4) is 0 Å². The molecule has 0 aromatic heterocycles. The first-order chi connectivity index (χ1) is 10.1. The van der Waals surface area contributed by atoms with Gasteiger partial charge in [-0.25, -0.2) is 4.79 Å². The van der Waals surface area contributed by atoms with E-state index in [4.69, 9.17) is 10.5 Å². The molecule has 0 saturated carbocycles. The van der Waals surface area contributed by atoms with Crippen molar-refractivity contribution in [2.75, 3.05) is 24.8 Å². The molecule has 1 aromatic carbocycles. The number of nitrogen functional groups attached to an aromatic ring is 1. The Morgan fingerprint density at radius 1 is 1.26 bits per heavy atom. The molecule has 126 valence electrons. The summed E-state index contributed by atoms with van der Waals surface area (Å²) < 4.78 is 4.78. The van der Waals surface area contributed by atoms with Gasteiger partial charge in [0.25, 0.3) is 0 Å². The summed E-state index contributed by atoms with van der Waals surface area (Å²) in [6.07, 6.45) is 0. The Morgan fingerprint density at radius 3 is 2.22 bits per heavy atom. The summed E-state index contributed by atoms with van der Waals surface area (Å²) in [7, 11) is 2.71. The van der Waals surface area contributed by atoms with Crippen LogP contribution in [0.4, 0.5) is 11.4 Å². The van der Waals surface area contributed by atoms with Crippen molar-refractivity contribution in [3.05, 3.63) is 22.3 Å². The fourth-order valence-electron chi connectivity index (χ4n) is 3.25. The minimum atomic E-state index is -1.53. The minimum absolute atomic E-state index is 0. The highest BCUT2D eigenvalue weighted by molar-refractivity contribution is 6.22. The van der Waals surface area contributed by atoms with Gasteiger partial charge in [0, 0.05) is 18.3 Å². The zero-order chi connectivity index (χ0) is 17.0. The number of halogens is 1. The molecule has 1 aliphatic rings. The van der Waals surface area contributed by atoms with Crippen LogP contribution in [0.15, 0.2) is 0 Å². The molecular weight excluding hydrogens is 324 g/mol. The van der Waals surface area contributed by atoms with Crippen molar-refractivity contribution in [1.29, 1.82) is 0 Å². The first kappa shape index (κ1) is 18.8. The Labute approximate surface area is 139 Å². The number of esters is 1. The first-order valence-electron chi connectivity index (χ1n) is 6.63. The van der Waals surface area contributed by atoms with Gasteiger partial charge in [-0.15, -0.1) is 12.4 Å². The van der Waals surface area contributed by atoms with Crippen LogP contribution in [0.1, 0.15) is 34.0 Å². The van der Waals surface area contributed by atoms with Gasteiger partial charge in [-0.3, -0.25) is 9.59 Å². The van der Waals surface area contributed by atoms with Crippen LogP contribution in [0.5, 0.6) is 0 Å². The van der Waals surface area contributed by atoms with Gasteiger partial charge in [0.1, 0.15) is 0 Å². The summed E-state index contributed by atoms with van der Waals surface area (Å²) in [4.78, 5) is 37.6. The smallest absolute Gasteiger partial charge is 0.338 e. The van der Waals surface area contributed by atoms with Crippen molar-refractivity contribution < 1.29 is 24.2 Å². The fraction of sp³-hybridized carbons (Fsp3) is 0.400. The van der Waals surface area contributed by atoms with E-state index in [1.54, 1.807) is 13.8 Å². The molecule has 1 heterocycles. The van der Waals surface area contributed by atoms with Gasteiger partial charge in [0.05, 0.1) is 18.4 Å². The average molecular weight is 343 g/mol.